The topological polar surface area (TPSA) is 51.2 Å². The van der Waals surface area contributed by atoms with Gasteiger partial charge in [-0.3, -0.25) is 14.6 Å². The lowest BCUT2D eigenvalue weighted by molar-refractivity contribution is 0.0232. The van der Waals surface area contributed by atoms with Crippen LogP contribution in [0, 0.1) is 6.92 Å². The number of hydrogen-bond acceptors (Lipinski definition) is 3. The number of halogens is 1. The fourth-order valence-electron chi connectivity index (χ4n) is 2.42. The van der Waals surface area contributed by atoms with Gasteiger partial charge in [-0.15, -0.1) is 0 Å². The van der Waals surface area contributed by atoms with Crippen molar-refractivity contribution in [2.45, 2.75) is 13.5 Å². The van der Waals surface area contributed by atoms with Crippen molar-refractivity contribution < 1.29 is 9.63 Å². The Labute approximate surface area is 155 Å². The highest BCUT2D eigenvalue weighted by molar-refractivity contribution is 9.10. The van der Waals surface area contributed by atoms with Gasteiger partial charge in [0.05, 0.1) is 23.6 Å². The molecule has 0 radical (unpaired) electrons. The monoisotopic (exact) mass is 396 g/mol. The molecule has 0 atom stereocenters. The van der Waals surface area contributed by atoms with Crippen molar-refractivity contribution in [2.75, 3.05) is 0 Å². The smallest absolute Gasteiger partial charge is 0.269 e. The minimum Gasteiger partial charge on any atom is -0.269 e. The van der Waals surface area contributed by atoms with E-state index < -0.39 is 0 Å². The minimum absolute atomic E-state index is 0.304. The molecule has 0 aliphatic heterocycles. The quantitative estimate of drug-likeness (QED) is 0.636. The molecule has 126 valence electrons. The van der Waals surface area contributed by atoms with Crippen LogP contribution in [0.15, 0.2) is 71.2 Å². The van der Waals surface area contributed by atoms with Crippen LogP contribution in [-0.4, -0.2) is 10.9 Å². The van der Waals surface area contributed by atoms with Crippen LogP contribution >= 0.6 is 15.9 Å². The summed E-state index contributed by atoms with van der Waals surface area (Å²) < 4.78 is 0.987. The standard InChI is InChI=1S/C20H17BrN2O2/c1-14-18(20(24)23-25-13-15-6-3-2-4-7-15)10-11-19(22-14)16-8-5-9-17(21)12-16/h2-12H,13H2,1H3,(H,23,24). The molecule has 2 aromatic carbocycles. The second-order valence-corrected chi connectivity index (χ2v) is 6.46. The Morgan fingerprint density at radius 3 is 2.60 bits per heavy atom. The van der Waals surface area contributed by atoms with Crippen LogP contribution in [0.4, 0.5) is 0 Å². The van der Waals surface area contributed by atoms with Gasteiger partial charge in [0.2, 0.25) is 0 Å². The van der Waals surface area contributed by atoms with Crippen LogP contribution in [0.2, 0.25) is 0 Å². The molecule has 25 heavy (non-hydrogen) atoms. The van der Waals surface area contributed by atoms with E-state index in [2.05, 4.69) is 26.4 Å². The second-order valence-electron chi connectivity index (χ2n) is 5.55. The lowest BCUT2D eigenvalue weighted by atomic mass is 10.1. The molecule has 0 aliphatic rings. The highest BCUT2D eigenvalue weighted by Gasteiger charge is 2.11. The number of pyridine rings is 1. The molecule has 0 saturated heterocycles. The van der Waals surface area contributed by atoms with Crippen molar-refractivity contribution in [2.24, 2.45) is 0 Å². The Hall–Kier alpha value is -2.50. The third-order valence-electron chi connectivity index (χ3n) is 3.70. The van der Waals surface area contributed by atoms with E-state index >= 15 is 0 Å². The molecule has 5 heteroatoms. The summed E-state index contributed by atoms with van der Waals surface area (Å²) >= 11 is 3.45. The number of hydrogen-bond donors (Lipinski definition) is 1. The van der Waals surface area contributed by atoms with Crippen LogP contribution in [0.5, 0.6) is 0 Å². The van der Waals surface area contributed by atoms with Crippen molar-refractivity contribution in [1.29, 1.82) is 0 Å². The van der Waals surface area contributed by atoms with E-state index in [1.807, 2.05) is 67.6 Å². The lowest BCUT2D eigenvalue weighted by Crippen LogP contribution is -2.24. The van der Waals surface area contributed by atoms with Gasteiger partial charge in [0, 0.05) is 10.0 Å². The van der Waals surface area contributed by atoms with E-state index in [0.717, 1.165) is 21.3 Å². The summed E-state index contributed by atoms with van der Waals surface area (Å²) in [6.45, 7) is 2.13. The molecule has 4 nitrogen and oxygen atoms in total. The molecular formula is C20H17BrN2O2. The van der Waals surface area contributed by atoms with Crippen molar-refractivity contribution in [3.8, 4) is 11.3 Å². The predicted molar refractivity (Wildman–Crippen MR) is 101 cm³/mol. The first-order valence-corrected chi connectivity index (χ1v) is 8.62. The Kier molecular flexibility index (Phi) is 5.58. The molecular weight excluding hydrogens is 380 g/mol. The average molecular weight is 397 g/mol. The Bertz CT molecular complexity index is 882. The van der Waals surface area contributed by atoms with Crippen LogP contribution in [-0.2, 0) is 11.4 Å². The fourth-order valence-corrected chi connectivity index (χ4v) is 2.82. The molecule has 1 aromatic heterocycles. The third kappa shape index (κ3) is 4.53. The van der Waals surface area contributed by atoms with Crippen LogP contribution < -0.4 is 5.48 Å². The molecule has 1 N–H and O–H groups in total. The number of rotatable bonds is 5. The Morgan fingerprint density at radius 1 is 1.08 bits per heavy atom. The second kappa shape index (κ2) is 8.05. The molecule has 0 unspecified atom stereocenters. The summed E-state index contributed by atoms with van der Waals surface area (Å²) in [5.41, 5.74) is 6.41. The lowest BCUT2D eigenvalue weighted by Gasteiger charge is -2.09. The number of amides is 1. The number of aryl methyl sites for hydroxylation is 1. The highest BCUT2D eigenvalue weighted by atomic mass is 79.9. The van der Waals surface area contributed by atoms with E-state index in [0.29, 0.717) is 17.9 Å². The summed E-state index contributed by atoms with van der Waals surface area (Å²) in [4.78, 5) is 22.1. The number of carbonyl (C=O) groups is 1. The molecule has 0 aliphatic carbocycles. The molecule has 0 spiro atoms. The number of hydroxylamine groups is 1. The van der Waals surface area contributed by atoms with Gasteiger partial charge < -0.3 is 0 Å². The zero-order valence-electron chi connectivity index (χ0n) is 13.7. The van der Waals surface area contributed by atoms with Gasteiger partial charge in [-0.1, -0.05) is 58.4 Å². The van der Waals surface area contributed by atoms with Crippen molar-refractivity contribution in [3.63, 3.8) is 0 Å². The zero-order valence-corrected chi connectivity index (χ0v) is 15.3. The molecule has 1 amide bonds. The Morgan fingerprint density at radius 2 is 1.88 bits per heavy atom. The van der Waals surface area contributed by atoms with E-state index in [-0.39, 0.29) is 5.91 Å². The largest absolute Gasteiger partial charge is 0.276 e. The number of aromatic nitrogens is 1. The SMILES string of the molecule is Cc1nc(-c2cccc(Br)c2)ccc1C(=O)NOCc1ccccc1. The summed E-state index contributed by atoms with van der Waals surface area (Å²) in [5, 5.41) is 0. The molecule has 0 saturated carbocycles. The normalized spacial score (nSPS) is 10.5. The van der Waals surface area contributed by atoms with Gasteiger partial charge in [0.25, 0.3) is 5.91 Å². The van der Waals surface area contributed by atoms with Crippen LogP contribution in [0.1, 0.15) is 21.6 Å². The van der Waals surface area contributed by atoms with Crippen LogP contribution in [0.3, 0.4) is 0 Å². The fraction of sp³-hybridized carbons (Fsp3) is 0.100. The van der Waals surface area contributed by atoms with Gasteiger partial charge in [0.15, 0.2) is 0 Å². The number of carbonyl (C=O) groups excluding carboxylic acids is 1. The molecule has 0 bridgehead atoms. The Balaban J connectivity index is 1.67. The maximum Gasteiger partial charge on any atom is 0.276 e. The molecule has 3 aromatic rings. The predicted octanol–water partition coefficient (Wildman–Crippen LogP) is 4.68. The molecule has 0 fully saturated rings. The molecule has 3 rings (SSSR count). The zero-order chi connectivity index (χ0) is 17.6. The minimum atomic E-state index is -0.304. The van der Waals surface area contributed by atoms with Gasteiger partial charge in [-0.25, -0.2) is 5.48 Å². The van der Waals surface area contributed by atoms with Gasteiger partial charge >= 0.3 is 0 Å². The van der Waals surface area contributed by atoms with E-state index in [1.165, 1.54) is 0 Å². The first-order valence-electron chi connectivity index (χ1n) is 7.83. The number of benzene rings is 2. The number of nitrogens with zero attached hydrogens (tertiary/aromatic N) is 1. The average Bonchev–Trinajstić information content (AvgIpc) is 2.62. The summed E-state index contributed by atoms with van der Waals surface area (Å²) in [6.07, 6.45) is 0. The van der Waals surface area contributed by atoms with E-state index in [1.54, 1.807) is 6.07 Å². The summed E-state index contributed by atoms with van der Waals surface area (Å²) in [5.74, 6) is -0.304. The summed E-state index contributed by atoms with van der Waals surface area (Å²) in [7, 11) is 0. The first kappa shape index (κ1) is 17.3. The van der Waals surface area contributed by atoms with Crippen LogP contribution in [0.25, 0.3) is 11.3 Å². The van der Waals surface area contributed by atoms with Gasteiger partial charge in [0.1, 0.15) is 0 Å². The first-order chi connectivity index (χ1) is 12.1. The van der Waals surface area contributed by atoms with Crippen molar-refractivity contribution in [3.05, 3.63) is 88.0 Å². The third-order valence-corrected chi connectivity index (χ3v) is 4.19. The molecule has 1 heterocycles. The maximum atomic E-state index is 12.3. The highest BCUT2D eigenvalue weighted by Crippen LogP contribution is 2.22. The number of nitrogens with one attached hydrogen (secondary N) is 1. The summed E-state index contributed by atoms with van der Waals surface area (Å²) in [6, 6.07) is 21.1. The van der Waals surface area contributed by atoms with E-state index in [9.17, 15) is 4.79 Å². The maximum absolute atomic E-state index is 12.3. The van der Waals surface area contributed by atoms with Crippen molar-refractivity contribution in [1.82, 2.24) is 10.5 Å². The van der Waals surface area contributed by atoms with Gasteiger partial charge in [-0.05, 0) is 36.8 Å². The van der Waals surface area contributed by atoms with E-state index in [4.69, 9.17) is 4.84 Å². The van der Waals surface area contributed by atoms with Gasteiger partial charge in [-0.2, -0.15) is 0 Å². The van der Waals surface area contributed by atoms with Crippen molar-refractivity contribution >= 4 is 21.8 Å².